The molecule has 0 saturated heterocycles. The van der Waals surface area contributed by atoms with Crippen molar-refractivity contribution in [2.24, 2.45) is 0 Å². The zero-order valence-corrected chi connectivity index (χ0v) is 12.9. The number of nitrogens with zero attached hydrogens (tertiary/aromatic N) is 1. The van der Waals surface area contributed by atoms with Crippen molar-refractivity contribution in [3.8, 4) is 0 Å². The molecule has 0 fully saturated rings. The first-order chi connectivity index (χ1) is 8.91. The van der Waals surface area contributed by atoms with E-state index in [0.717, 1.165) is 10.2 Å². The van der Waals surface area contributed by atoms with E-state index in [1.807, 2.05) is 43.5 Å². The zero-order valence-electron chi connectivity index (χ0n) is 11.3. The summed E-state index contributed by atoms with van der Waals surface area (Å²) in [5.41, 5.74) is 8.77. The van der Waals surface area contributed by atoms with Gasteiger partial charge in [0.25, 0.3) is 0 Å². The highest BCUT2D eigenvalue weighted by molar-refractivity contribution is 9.10. The number of aryl methyl sites for hydroxylation is 1. The van der Waals surface area contributed by atoms with Crippen LogP contribution in [0.5, 0.6) is 0 Å². The maximum absolute atomic E-state index is 12.6. The van der Waals surface area contributed by atoms with Crippen LogP contribution in [0.3, 0.4) is 0 Å². The Bertz CT molecular complexity index is 612. The molecular weight excluding hydrogens is 304 g/mol. The van der Waals surface area contributed by atoms with Crippen molar-refractivity contribution in [1.29, 1.82) is 0 Å². The number of anilines is 1. The first-order valence-corrected chi connectivity index (χ1v) is 6.98. The van der Waals surface area contributed by atoms with Crippen LogP contribution in [-0.4, -0.2) is 10.4 Å². The van der Waals surface area contributed by atoms with Crippen LogP contribution in [0.15, 0.2) is 34.8 Å². The second kappa shape index (κ2) is 5.21. The molecule has 4 heteroatoms. The molecule has 2 rings (SSSR count). The van der Waals surface area contributed by atoms with Gasteiger partial charge in [0, 0.05) is 21.8 Å². The van der Waals surface area contributed by atoms with Crippen molar-refractivity contribution in [2.45, 2.75) is 26.8 Å². The number of hydrogen-bond donors (Lipinski definition) is 1. The Morgan fingerprint density at radius 3 is 2.37 bits per heavy atom. The first-order valence-electron chi connectivity index (χ1n) is 6.19. The van der Waals surface area contributed by atoms with Gasteiger partial charge in [0.15, 0.2) is 0 Å². The summed E-state index contributed by atoms with van der Waals surface area (Å²) < 4.78 is 2.94. The average molecular weight is 321 g/mol. The van der Waals surface area contributed by atoms with Crippen LogP contribution in [0.25, 0.3) is 0 Å². The van der Waals surface area contributed by atoms with Gasteiger partial charge in [-0.2, -0.15) is 0 Å². The molecule has 0 spiro atoms. The van der Waals surface area contributed by atoms with E-state index in [0.29, 0.717) is 16.9 Å². The van der Waals surface area contributed by atoms with Gasteiger partial charge in [-0.05, 0) is 51.1 Å². The fraction of sp³-hybridized carbons (Fsp3) is 0.267. The molecule has 0 aliphatic heterocycles. The predicted molar refractivity (Wildman–Crippen MR) is 81.5 cm³/mol. The molecule has 0 aliphatic rings. The van der Waals surface area contributed by atoms with Gasteiger partial charge in [-0.15, -0.1) is 0 Å². The number of aromatic nitrogens is 1. The molecule has 2 aromatic rings. The Labute approximate surface area is 121 Å². The Balaban J connectivity index is 2.52. The number of benzene rings is 1. The minimum atomic E-state index is -0.0354. The van der Waals surface area contributed by atoms with Crippen LogP contribution >= 0.6 is 15.9 Å². The highest BCUT2D eigenvalue weighted by atomic mass is 79.9. The van der Waals surface area contributed by atoms with Gasteiger partial charge < -0.3 is 10.3 Å². The maximum Gasteiger partial charge on any atom is 0.211 e. The number of carbonyl (C=O) groups excluding carboxylic acids is 1. The van der Waals surface area contributed by atoms with Crippen LogP contribution in [0.4, 0.5) is 5.69 Å². The second-order valence-corrected chi connectivity index (χ2v) is 5.81. The van der Waals surface area contributed by atoms with Crippen molar-refractivity contribution in [1.82, 2.24) is 4.57 Å². The predicted octanol–water partition coefficient (Wildman–Crippen LogP) is 3.95. The van der Waals surface area contributed by atoms with E-state index in [-0.39, 0.29) is 11.8 Å². The number of nitrogens with two attached hydrogens (primary N) is 1. The number of hydrogen-bond acceptors (Lipinski definition) is 2. The summed E-state index contributed by atoms with van der Waals surface area (Å²) in [5, 5.41) is 0. The van der Waals surface area contributed by atoms with Gasteiger partial charge in [0.05, 0.1) is 5.69 Å². The average Bonchev–Trinajstić information content (AvgIpc) is 2.64. The van der Waals surface area contributed by atoms with Crippen LogP contribution in [0, 0.1) is 6.92 Å². The van der Waals surface area contributed by atoms with Crippen LogP contribution in [0.1, 0.15) is 41.6 Å². The molecule has 0 unspecified atom stereocenters. The Morgan fingerprint density at radius 1 is 1.26 bits per heavy atom. The van der Waals surface area contributed by atoms with Gasteiger partial charge >= 0.3 is 0 Å². The topological polar surface area (TPSA) is 48.0 Å². The van der Waals surface area contributed by atoms with E-state index in [1.165, 1.54) is 0 Å². The summed E-state index contributed by atoms with van der Waals surface area (Å²) >= 11 is 3.37. The third kappa shape index (κ3) is 2.59. The van der Waals surface area contributed by atoms with E-state index in [1.54, 1.807) is 12.1 Å². The lowest BCUT2D eigenvalue weighted by Gasteiger charge is -2.15. The molecule has 1 heterocycles. The number of halogens is 1. The molecule has 0 radical (unpaired) electrons. The van der Waals surface area contributed by atoms with Crippen LogP contribution in [0.2, 0.25) is 0 Å². The van der Waals surface area contributed by atoms with Crippen molar-refractivity contribution in [3.05, 3.63) is 51.8 Å². The number of nitrogen functional groups attached to an aromatic ring is 1. The van der Waals surface area contributed by atoms with Crippen LogP contribution in [-0.2, 0) is 0 Å². The maximum atomic E-state index is 12.6. The molecule has 0 bridgehead atoms. The Kier molecular flexibility index (Phi) is 3.80. The molecule has 1 aromatic heterocycles. The monoisotopic (exact) mass is 320 g/mol. The van der Waals surface area contributed by atoms with Gasteiger partial charge in [0.2, 0.25) is 5.78 Å². The first kappa shape index (κ1) is 13.9. The molecule has 0 atom stereocenters. The SMILES string of the molecule is Cc1cc(N)c(C(=O)c2ccc(Br)cc2)n1C(C)C. The fourth-order valence-corrected chi connectivity index (χ4v) is 2.59. The Hall–Kier alpha value is -1.55. The Morgan fingerprint density at radius 2 is 1.84 bits per heavy atom. The second-order valence-electron chi connectivity index (χ2n) is 4.89. The molecule has 0 saturated carbocycles. The number of carbonyl (C=O) groups is 1. The van der Waals surface area contributed by atoms with Crippen molar-refractivity contribution < 1.29 is 4.79 Å². The van der Waals surface area contributed by atoms with E-state index in [2.05, 4.69) is 15.9 Å². The van der Waals surface area contributed by atoms with Crippen molar-refractivity contribution in [2.75, 3.05) is 5.73 Å². The van der Waals surface area contributed by atoms with E-state index in [9.17, 15) is 4.79 Å². The van der Waals surface area contributed by atoms with Crippen molar-refractivity contribution in [3.63, 3.8) is 0 Å². The quantitative estimate of drug-likeness (QED) is 0.870. The summed E-state index contributed by atoms with van der Waals surface area (Å²) in [7, 11) is 0. The van der Waals surface area contributed by atoms with Crippen molar-refractivity contribution >= 4 is 27.4 Å². The van der Waals surface area contributed by atoms with Gasteiger partial charge in [-0.1, -0.05) is 15.9 Å². The summed E-state index contributed by atoms with van der Waals surface area (Å²) in [6.45, 7) is 6.06. The van der Waals surface area contributed by atoms with Gasteiger partial charge in [-0.3, -0.25) is 4.79 Å². The summed E-state index contributed by atoms with van der Waals surface area (Å²) in [5.74, 6) is -0.0354. The number of ketones is 1. The third-order valence-electron chi connectivity index (χ3n) is 3.10. The van der Waals surface area contributed by atoms with E-state index < -0.39 is 0 Å². The largest absolute Gasteiger partial charge is 0.397 e. The lowest BCUT2D eigenvalue weighted by atomic mass is 10.1. The van der Waals surface area contributed by atoms with Crippen LogP contribution < -0.4 is 5.73 Å². The van der Waals surface area contributed by atoms with Gasteiger partial charge in [0.1, 0.15) is 5.69 Å². The third-order valence-corrected chi connectivity index (χ3v) is 3.63. The highest BCUT2D eigenvalue weighted by Gasteiger charge is 2.20. The molecule has 3 nitrogen and oxygen atoms in total. The minimum absolute atomic E-state index is 0.0354. The molecule has 0 aliphatic carbocycles. The molecule has 1 aromatic carbocycles. The minimum Gasteiger partial charge on any atom is -0.397 e. The summed E-state index contributed by atoms with van der Waals surface area (Å²) in [6, 6.07) is 9.38. The molecule has 0 amide bonds. The molecule has 100 valence electrons. The zero-order chi connectivity index (χ0) is 14.2. The standard InChI is InChI=1S/C15H17BrN2O/c1-9(2)18-10(3)8-13(17)14(18)15(19)11-4-6-12(16)7-5-11/h4-9H,17H2,1-3H3. The summed E-state index contributed by atoms with van der Waals surface area (Å²) in [4.78, 5) is 12.6. The molecule has 19 heavy (non-hydrogen) atoms. The smallest absolute Gasteiger partial charge is 0.211 e. The lowest BCUT2D eigenvalue weighted by molar-refractivity contribution is 0.102. The highest BCUT2D eigenvalue weighted by Crippen LogP contribution is 2.25. The normalized spacial score (nSPS) is 11.0. The fourth-order valence-electron chi connectivity index (χ4n) is 2.32. The van der Waals surface area contributed by atoms with E-state index >= 15 is 0 Å². The molecular formula is C15H17BrN2O. The summed E-state index contributed by atoms with van der Waals surface area (Å²) in [6.07, 6.45) is 0. The van der Waals surface area contributed by atoms with E-state index in [4.69, 9.17) is 5.73 Å². The molecule has 2 N–H and O–H groups in total. The number of rotatable bonds is 3. The lowest BCUT2D eigenvalue weighted by Crippen LogP contribution is -2.14. The van der Waals surface area contributed by atoms with Gasteiger partial charge in [-0.25, -0.2) is 0 Å².